The van der Waals surface area contributed by atoms with E-state index in [1.807, 2.05) is 52.0 Å². The van der Waals surface area contributed by atoms with Crippen molar-refractivity contribution < 1.29 is 9.53 Å². The highest BCUT2D eigenvalue weighted by Gasteiger charge is 2.08. The summed E-state index contributed by atoms with van der Waals surface area (Å²) in [5.41, 5.74) is 1.09. The molecule has 0 radical (unpaired) electrons. The molecule has 0 aliphatic rings. The largest absolute Gasteiger partial charge is 0.491 e. The molecule has 0 saturated heterocycles. The first-order valence-electron chi connectivity index (χ1n) is 6.09. The quantitative estimate of drug-likeness (QED) is 0.851. The summed E-state index contributed by atoms with van der Waals surface area (Å²) in [6.45, 7) is 7.82. The van der Waals surface area contributed by atoms with E-state index in [4.69, 9.17) is 4.74 Å². The zero-order chi connectivity index (χ0) is 12.8. The minimum absolute atomic E-state index is 0.0375. The van der Waals surface area contributed by atoms with Gasteiger partial charge in [-0.05, 0) is 38.5 Å². The van der Waals surface area contributed by atoms with Gasteiger partial charge in [0.05, 0.1) is 12.1 Å². The molecule has 3 nitrogen and oxygen atoms in total. The summed E-state index contributed by atoms with van der Waals surface area (Å²) in [5, 5.41) is 2.93. The molecule has 1 amide bonds. The van der Waals surface area contributed by atoms with Gasteiger partial charge in [0.1, 0.15) is 5.75 Å². The van der Waals surface area contributed by atoms with Crippen LogP contribution in [0, 0.1) is 0 Å². The average molecular weight is 235 g/mol. The lowest BCUT2D eigenvalue weighted by Gasteiger charge is -2.15. The Kier molecular flexibility index (Phi) is 5.01. The highest BCUT2D eigenvalue weighted by Crippen LogP contribution is 2.18. The van der Waals surface area contributed by atoms with Crippen LogP contribution in [0.25, 0.3) is 0 Å². The number of ether oxygens (including phenoxy) is 1. The Morgan fingerprint density at radius 1 is 1.24 bits per heavy atom. The summed E-state index contributed by atoms with van der Waals surface area (Å²) in [5.74, 6) is 0.928. The minimum Gasteiger partial charge on any atom is -0.491 e. The predicted molar refractivity (Wildman–Crippen MR) is 69.1 cm³/mol. The van der Waals surface area contributed by atoms with Crippen LogP contribution in [0.3, 0.4) is 0 Å². The van der Waals surface area contributed by atoms with Crippen molar-refractivity contribution in [3.05, 3.63) is 29.8 Å². The molecular weight excluding hydrogens is 214 g/mol. The molecule has 3 heteroatoms. The van der Waals surface area contributed by atoms with Gasteiger partial charge in [-0.25, -0.2) is 0 Å². The highest BCUT2D eigenvalue weighted by molar-refractivity contribution is 5.75. The summed E-state index contributed by atoms with van der Waals surface area (Å²) in [4.78, 5) is 11.3. The van der Waals surface area contributed by atoms with Crippen LogP contribution in [-0.4, -0.2) is 12.0 Å². The molecule has 0 aromatic heterocycles. The van der Waals surface area contributed by atoms with Gasteiger partial charge in [-0.3, -0.25) is 4.79 Å². The summed E-state index contributed by atoms with van der Waals surface area (Å²) in [6, 6.07) is 7.88. The topological polar surface area (TPSA) is 38.3 Å². The van der Waals surface area contributed by atoms with Crippen LogP contribution in [0.1, 0.15) is 45.7 Å². The molecule has 0 aliphatic heterocycles. The van der Waals surface area contributed by atoms with E-state index < -0.39 is 0 Å². The molecule has 0 fully saturated rings. The third-order valence-corrected chi connectivity index (χ3v) is 2.45. The minimum atomic E-state index is 0.0375. The zero-order valence-corrected chi connectivity index (χ0v) is 11.0. The Balaban J connectivity index is 2.63. The summed E-state index contributed by atoms with van der Waals surface area (Å²) in [7, 11) is 0. The van der Waals surface area contributed by atoms with Gasteiger partial charge in [0.2, 0.25) is 5.91 Å². The Morgan fingerprint density at radius 2 is 1.82 bits per heavy atom. The third kappa shape index (κ3) is 4.47. The maximum Gasteiger partial charge on any atom is 0.220 e. The van der Waals surface area contributed by atoms with Crippen molar-refractivity contribution in [2.45, 2.75) is 46.3 Å². The van der Waals surface area contributed by atoms with Crippen LogP contribution in [0.2, 0.25) is 0 Å². The van der Waals surface area contributed by atoms with Crippen molar-refractivity contribution >= 4 is 5.91 Å². The third-order valence-electron chi connectivity index (χ3n) is 2.45. The molecule has 0 spiro atoms. The van der Waals surface area contributed by atoms with E-state index in [1.54, 1.807) is 0 Å². The van der Waals surface area contributed by atoms with Crippen LogP contribution < -0.4 is 10.1 Å². The number of amides is 1. The van der Waals surface area contributed by atoms with Crippen LogP contribution in [0.5, 0.6) is 5.75 Å². The first-order valence-corrected chi connectivity index (χ1v) is 6.09. The average Bonchev–Trinajstić information content (AvgIpc) is 2.28. The van der Waals surface area contributed by atoms with E-state index in [1.165, 1.54) is 0 Å². The first-order chi connectivity index (χ1) is 8.02. The fraction of sp³-hybridized carbons (Fsp3) is 0.500. The van der Waals surface area contributed by atoms with E-state index in [2.05, 4.69) is 5.32 Å². The maximum absolute atomic E-state index is 11.3. The monoisotopic (exact) mass is 235 g/mol. The predicted octanol–water partition coefficient (Wildman–Crippen LogP) is 3.06. The molecule has 1 aromatic carbocycles. The molecule has 17 heavy (non-hydrogen) atoms. The van der Waals surface area contributed by atoms with Crippen LogP contribution in [-0.2, 0) is 4.79 Å². The van der Waals surface area contributed by atoms with E-state index in [-0.39, 0.29) is 18.1 Å². The van der Waals surface area contributed by atoms with Crippen LogP contribution >= 0.6 is 0 Å². The molecule has 1 aromatic rings. The van der Waals surface area contributed by atoms with Crippen molar-refractivity contribution in [3.8, 4) is 5.75 Å². The van der Waals surface area contributed by atoms with E-state index in [9.17, 15) is 4.79 Å². The molecule has 0 aliphatic carbocycles. The van der Waals surface area contributed by atoms with Gasteiger partial charge in [0, 0.05) is 6.42 Å². The Bertz CT molecular complexity index is 357. The lowest BCUT2D eigenvalue weighted by Crippen LogP contribution is -2.25. The van der Waals surface area contributed by atoms with Gasteiger partial charge < -0.3 is 10.1 Å². The number of rotatable bonds is 5. The first kappa shape index (κ1) is 13.6. The second kappa shape index (κ2) is 6.28. The van der Waals surface area contributed by atoms with E-state index >= 15 is 0 Å². The number of hydrogen-bond acceptors (Lipinski definition) is 2. The normalized spacial score (nSPS) is 12.3. The Morgan fingerprint density at radius 3 is 2.29 bits per heavy atom. The second-order valence-corrected chi connectivity index (χ2v) is 4.38. The molecule has 1 unspecified atom stereocenters. The van der Waals surface area contributed by atoms with Crippen molar-refractivity contribution in [1.29, 1.82) is 0 Å². The summed E-state index contributed by atoms with van der Waals surface area (Å²) >= 11 is 0. The highest BCUT2D eigenvalue weighted by atomic mass is 16.5. The molecule has 1 N–H and O–H groups in total. The zero-order valence-electron chi connectivity index (χ0n) is 11.0. The fourth-order valence-corrected chi connectivity index (χ4v) is 1.53. The number of benzene rings is 1. The van der Waals surface area contributed by atoms with Gasteiger partial charge in [0.25, 0.3) is 0 Å². The lowest BCUT2D eigenvalue weighted by molar-refractivity contribution is -0.121. The standard InChI is InChI=1S/C14H21NO2/c1-5-14(16)15-11(4)12-6-8-13(9-7-12)17-10(2)3/h6-11H,5H2,1-4H3,(H,15,16). The van der Waals surface area contributed by atoms with Gasteiger partial charge in [0.15, 0.2) is 0 Å². The maximum atomic E-state index is 11.3. The Hall–Kier alpha value is -1.51. The Labute approximate surface area is 103 Å². The number of nitrogens with one attached hydrogen (secondary N) is 1. The van der Waals surface area contributed by atoms with Gasteiger partial charge in [-0.2, -0.15) is 0 Å². The van der Waals surface area contributed by atoms with Gasteiger partial charge >= 0.3 is 0 Å². The van der Waals surface area contributed by atoms with Crippen molar-refractivity contribution in [1.82, 2.24) is 5.32 Å². The molecular formula is C14H21NO2. The van der Waals surface area contributed by atoms with Crippen LogP contribution in [0.15, 0.2) is 24.3 Å². The van der Waals surface area contributed by atoms with Crippen molar-refractivity contribution in [3.63, 3.8) is 0 Å². The lowest BCUT2D eigenvalue weighted by atomic mass is 10.1. The van der Waals surface area contributed by atoms with Crippen molar-refractivity contribution in [2.24, 2.45) is 0 Å². The number of carbonyl (C=O) groups excluding carboxylic acids is 1. The van der Waals surface area contributed by atoms with E-state index in [0.717, 1.165) is 11.3 Å². The molecule has 0 heterocycles. The number of hydrogen-bond donors (Lipinski definition) is 1. The SMILES string of the molecule is CCC(=O)NC(C)c1ccc(OC(C)C)cc1. The molecule has 94 valence electrons. The van der Waals surface area contributed by atoms with E-state index in [0.29, 0.717) is 6.42 Å². The number of carbonyl (C=O) groups is 1. The van der Waals surface area contributed by atoms with Crippen LogP contribution in [0.4, 0.5) is 0 Å². The molecule has 0 bridgehead atoms. The summed E-state index contributed by atoms with van der Waals surface area (Å²) < 4.78 is 5.56. The molecule has 1 atom stereocenters. The summed E-state index contributed by atoms with van der Waals surface area (Å²) in [6.07, 6.45) is 0.692. The van der Waals surface area contributed by atoms with Gasteiger partial charge in [-0.15, -0.1) is 0 Å². The molecule has 1 rings (SSSR count). The second-order valence-electron chi connectivity index (χ2n) is 4.38. The molecule has 0 saturated carbocycles. The fourth-order valence-electron chi connectivity index (χ4n) is 1.53. The van der Waals surface area contributed by atoms with Crippen molar-refractivity contribution in [2.75, 3.05) is 0 Å². The smallest absolute Gasteiger partial charge is 0.220 e. The van der Waals surface area contributed by atoms with Gasteiger partial charge in [-0.1, -0.05) is 19.1 Å².